The quantitative estimate of drug-likeness (QED) is 0.446. The number of rotatable bonds is 7. The van der Waals surface area contributed by atoms with Crippen LogP contribution in [0.3, 0.4) is 0 Å². The highest BCUT2D eigenvalue weighted by Crippen LogP contribution is 2.34. The number of thiocarbonyl (C=S) groups is 1. The molecule has 0 aliphatic carbocycles. The van der Waals surface area contributed by atoms with Crippen LogP contribution in [-0.4, -0.2) is 34.4 Å². The third-order valence-electron chi connectivity index (χ3n) is 3.89. The van der Waals surface area contributed by atoms with E-state index in [-0.39, 0.29) is 27.3 Å². The molecule has 1 aliphatic heterocycles. The highest BCUT2D eigenvalue weighted by Gasteiger charge is 2.33. The van der Waals surface area contributed by atoms with E-state index in [9.17, 15) is 18.4 Å². The monoisotopic (exact) mass is 484 g/mol. The number of thioether (sulfide) groups is 1. The fourth-order valence-corrected chi connectivity index (χ4v) is 3.86. The molecule has 0 unspecified atom stereocenters. The summed E-state index contributed by atoms with van der Waals surface area (Å²) < 4.78 is 35.0. The second kappa shape index (κ2) is 10.1. The summed E-state index contributed by atoms with van der Waals surface area (Å²) in [6.45, 7) is -1.06. The van der Waals surface area contributed by atoms with Gasteiger partial charge in [0.05, 0.1) is 11.5 Å². The molecule has 2 aromatic rings. The van der Waals surface area contributed by atoms with Gasteiger partial charge in [-0.15, -0.1) is 0 Å². The molecule has 0 aromatic heterocycles. The van der Waals surface area contributed by atoms with Crippen molar-refractivity contribution in [1.29, 1.82) is 0 Å². The number of nitrogens with zero attached hydrogens (tertiary/aromatic N) is 1. The summed E-state index contributed by atoms with van der Waals surface area (Å²) in [4.78, 5) is 25.3. The number of nitrogens with one attached hydrogen (secondary N) is 1. The van der Waals surface area contributed by atoms with Crippen LogP contribution >= 0.6 is 35.6 Å². The Balaban J connectivity index is 1.78. The minimum atomic E-state index is -2.99. The largest absolute Gasteiger partial charge is 0.490 e. The van der Waals surface area contributed by atoms with Crippen LogP contribution in [0, 0.1) is 0 Å². The van der Waals surface area contributed by atoms with Gasteiger partial charge in [0.25, 0.3) is 11.8 Å². The second-order valence-electron chi connectivity index (χ2n) is 5.98. The molecule has 0 saturated carbocycles. The number of hydrogen-bond acceptors (Lipinski definition) is 6. The Kier molecular flexibility index (Phi) is 7.47. The minimum absolute atomic E-state index is 0.114. The number of carbonyl (C=O) groups is 2. The van der Waals surface area contributed by atoms with Gasteiger partial charge in [-0.25, -0.2) is 0 Å². The molecule has 1 aliphatic rings. The van der Waals surface area contributed by atoms with E-state index in [0.29, 0.717) is 16.1 Å². The van der Waals surface area contributed by atoms with Crippen molar-refractivity contribution in [3.05, 3.63) is 63.5 Å². The lowest BCUT2D eigenvalue weighted by Crippen LogP contribution is -2.44. The van der Waals surface area contributed by atoms with Crippen LogP contribution in [0.15, 0.2) is 47.4 Å². The van der Waals surface area contributed by atoms with E-state index in [1.165, 1.54) is 36.4 Å². The Morgan fingerprint density at radius 1 is 1.26 bits per heavy atom. The van der Waals surface area contributed by atoms with Gasteiger partial charge in [0, 0.05) is 10.6 Å². The smallest absolute Gasteiger partial charge is 0.387 e. The van der Waals surface area contributed by atoms with Crippen LogP contribution in [0.5, 0.6) is 11.5 Å². The van der Waals surface area contributed by atoms with Gasteiger partial charge in [0.2, 0.25) is 0 Å². The van der Waals surface area contributed by atoms with Crippen molar-refractivity contribution >= 4 is 57.8 Å². The van der Waals surface area contributed by atoms with Crippen molar-refractivity contribution in [2.45, 2.75) is 13.5 Å². The zero-order valence-corrected chi connectivity index (χ0v) is 18.3. The number of ether oxygens (including phenoxy) is 2. The summed E-state index contributed by atoms with van der Waals surface area (Å²) in [5, 5.41) is 1.45. The van der Waals surface area contributed by atoms with Crippen LogP contribution in [-0.2, 0) is 4.79 Å². The van der Waals surface area contributed by atoms with Crippen molar-refractivity contribution in [2.75, 3.05) is 6.61 Å². The van der Waals surface area contributed by atoms with E-state index >= 15 is 0 Å². The van der Waals surface area contributed by atoms with Crippen LogP contribution in [0.4, 0.5) is 8.78 Å². The SMILES string of the molecule is CCOc1cc(/C=C2\SC(=S)N(NC(=O)c3ccc(Cl)cc3)C2=O)ccc1OC(F)F. The summed E-state index contributed by atoms with van der Waals surface area (Å²) in [6, 6.07) is 10.4. The van der Waals surface area contributed by atoms with Crippen LogP contribution < -0.4 is 14.9 Å². The molecular weight excluding hydrogens is 470 g/mol. The zero-order chi connectivity index (χ0) is 22.5. The molecule has 3 rings (SSSR count). The Hall–Kier alpha value is -2.69. The van der Waals surface area contributed by atoms with Crippen molar-refractivity contribution in [1.82, 2.24) is 10.4 Å². The third-order valence-corrected chi connectivity index (χ3v) is 5.45. The number of hydrogen-bond donors (Lipinski definition) is 1. The Morgan fingerprint density at radius 2 is 1.97 bits per heavy atom. The first-order chi connectivity index (χ1) is 14.8. The molecule has 31 heavy (non-hydrogen) atoms. The number of hydrazine groups is 1. The van der Waals surface area contributed by atoms with Gasteiger partial charge in [0.15, 0.2) is 15.8 Å². The number of halogens is 3. The van der Waals surface area contributed by atoms with E-state index < -0.39 is 18.4 Å². The van der Waals surface area contributed by atoms with Gasteiger partial charge in [-0.1, -0.05) is 29.4 Å². The fraction of sp³-hybridized carbons (Fsp3) is 0.150. The van der Waals surface area contributed by atoms with Gasteiger partial charge in [-0.05, 0) is 67.2 Å². The number of benzene rings is 2. The average molecular weight is 485 g/mol. The van der Waals surface area contributed by atoms with E-state index in [2.05, 4.69) is 10.2 Å². The lowest BCUT2D eigenvalue weighted by Gasteiger charge is -2.15. The highest BCUT2D eigenvalue weighted by atomic mass is 35.5. The predicted molar refractivity (Wildman–Crippen MR) is 118 cm³/mol. The van der Waals surface area contributed by atoms with E-state index in [1.54, 1.807) is 19.1 Å². The van der Waals surface area contributed by atoms with Gasteiger partial charge in [0.1, 0.15) is 0 Å². The minimum Gasteiger partial charge on any atom is -0.490 e. The first-order valence-corrected chi connectivity index (χ1v) is 10.4. The molecule has 1 N–H and O–H groups in total. The van der Waals surface area contributed by atoms with Crippen molar-refractivity contribution < 1.29 is 27.8 Å². The predicted octanol–water partition coefficient (Wildman–Crippen LogP) is 4.89. The molecule has 0 spiro atoms. The summed E-state index contributed by atoms with van der Waals surface area (Å²) in [5.74, 6) is -1.05. The molecular formula is C20H15ClF2N2O4S2. The first-order valence-electron chi connectivity index (χ1n) is 8.84. The molecule has 2 amide bonds. The maximum atomic E-state index is 12.7. The Morgan fingerprint density at radius 3 is 2.61 bits per heavy atom. The second-order valence-corrected chi connectivity index (χ2v) is 8.09. The van der Waals surface area contributed by atoms with Crippen molar-refractivity contribution in [3.63, 3.8) is 0 Å². The molecule has 1 fully saturated rings. The molecule has 0 bridgehead atoms. The standard InChI is InChI=1S/C20H15ClF2N2O4S2/c1-2-28-15-9-11(3-8-14(15)29-19(22)23)10-16-18(27)25(20(30)31-16)24-17(26)12-4-6-13(21)7-5-12/h3-10,19H,2H2,1H3,(H,24,26)/b16-10-. The molecule has 11 heteroatoms. The molecule has 1 saturated heterocycles. The van der Waals surface area contributed by atoms with Crippen molar-refractivity contribution in [3.8, 4) is 11.5 Å². The maximum absolute atomic E-state index is 12.7. The van der Waals surface area contributed by atoms with Crippen LogP contribution in [0.25, 0.3) is 6.08 Å². The summed E-state index contributed by atoms with van der Waals surface area (Å²) in [5.41, 5.74) is 3.28. The van der Waals surface area contributed by atoms with Gasteiger partial charge < -0.3 is 9.47 Å². The lowest BCUT2D eigenvalue weighted by atomic mass is 10.2. The topological polar surface area (TPSA) is 67.9 Å². The van der Waals surface area contributed by atoms with E-state index in [0.717, 1.165) is 16.8 Å². The molecule has 0 radical (unpaired) electrons. The molecule has 2 aromatic carbocycles. The van der Waals surface area contributed by atoms with E-state index in [1.807, 2.05) is 0 Å². The normalized spacial score (nSPS) is 15.0. The average Bonchev–Trinajstić information content (AvgIpc) is 2.97. The molecule has 6 nitrogen and oxygen atoms in total. The summed E-state index contributed by atoms with van der Waals surface area (Å²) in [6.07, 6.45) is 1.52. The fourth-order valence-electron chi connectivity index (χ4n) is 2.56. The molecule has 0 atom stereocenters. The zero-order valence-electron chi connectivity index (χ0n) is 15.9. The van der Waals surface area contributed by atoms with Gasteiger partial charge in [-0.2, -0.15) is 13.8 Å². The summed E-state index contributed by atoms with van der Waals surface area (Å²) >= 11 is 12.0. The van der Waals surface area contributed by atoms with Crippen LogP contribution in [0.1, 0.15) is 22.8 Å². The summed E-state index contributed by atoms with van der Waals surface area (Å²) in [7, 11) is 0. The first kappa shape index (κ1) is 23.0. The maximum Gasteiger partial charge on any atom is 0.387 e. The molecule has 162 valence electrons. The van der Waals surface area contributed by atoms with Crippen LogP contribution in [0.2, 0.25) is 5.02 Å². The number of amides is 2. The third kappa shape index (κ3) is 5.72. The van der Waals surface area contributed by atoms with Gasteiger partial charge in [-0.3, -0.25) is 15.0 Å². The van der Waals surface area contributed by atoms with Crippen molar-refractivity contribution in [2.24, 2.45) is 0 Å². The van der Waals surface area contributed by atoms with E-state index in [4.69, 9.17) is 28.6 Å². The van der Waals surface area contributed by atoms with Gasteiger partial charge >= 0.3 is 6.61 Å². The number of alkyl halides is 2. The number of carbonyl (C=O) groups excluding carboxylic acids is 2. The lowest BCUT2D eigenvalue weighted by molar-refractivity contribution is -0.123. The molecule has 1 heterocycles. The Labute approximate surface area is 191 Å². The Bertz CT molecular complexity index is 1050. The highest BCUT2D eigenvalue weighted by molar-refractivity contribution is 8.26.